The van der Waals surface area contributed by atoms with Gasteiger partial charge in [-0.3, -0.25) is 14.4 Å². The second kappa shape index (κ2) is 8.57. The predicted molar refractivity (Wildman–Crippen MR) is 82.3 cm³/mol. The summed E-state index contributed by atoms with van der Waals surface area (Å²) in [5.41, 5.74) is -0.384. The van der Waals surface area contributed by atoms with E-state index in [9.17, 15) is 23.2 Å². The lowest BCUT2D eigenvalue weighted by Crippen LogP contribution is -2.41. The van der Waals surface area contributed by atoms with E-state index in [1.165, 1.54) is 6.26 Å². The Labute approximate surface area is 141 Å². The molecule has 0 bridgehead atoms. The lowest BCUT2D eigenvalue weighted by molar-refractivity contribution is -0.125. The number of amides is 3. The number of hydrogen-bond acceptors (Lipinski definition) is 4. The SMILES string of the molecule is O=C(CNC(=O)CNC(=O)c1ccc(F)cc1F)NCc1ccco1. The molecule has 1 aromatic heterocycles. The molecule has 1 aromatic carbocycles. The van der Waals surface area contributed by atoms with Crippen molar-refractivity contribution in [1.82, 2.24) is 16.0 Å². The number of carbonyl (C=O) groups excluding carboxylic acids is 3. The molecule has 0 saturated heterocycles. The molecule has 25 heavy (non-hydrogen) atoms. The highest BCUT2D eigenvalue weighted by atomic mass is 19.1. The summed E-state index contributed by atoms with van der Waals surface area (Å²) in [7, 11) is 0. The smallest absolute Gasteiger partial charge is 0.254 e. The molecule has 3 amide bonds. The van der Waals surface area contributed by atoms with Crippen LogP contribution in [0, 0.1) is 11.6 Å². The van der Waals surface area contributed by atoms with Crippen LogP contribution in [0.25, 0.3) is 0 Å². The number of furan rings is 1. The summed E-state index contributed by atoms with van der Waals surface area (Å²) in [6.45, 7) is -0.566. The van der Waals surface area contributed by atoms with E-state index in [1.807, 2.05) is 0 Å². The zero-order chi connectivity index (χ0) is 18.2. The van der Waals surface area contributed by atoms with Gasteiger partial charge in [-0.05, 0) is 24.3 Å². The van der Waals surface area contributed by atoms with Crippen molar-refractivity contribution in [2.24, 2.45) is 0 Å². The van der Waals surface area contributed by atoms with Crippen LogP contribution in [-0.4, -0.2) is 30.8 Å². The van der Waals surface area contributed by atoms with Gasteiger partial charge in [0, 0.05) is 6.07 Å². The van der Waals surface area contributed by atoms with E-state index in [-0.39, 0.29) is 18.7 Å². The molecule has 0 radical (unpaired) electrons. The average Bonchev–Trinajstić information content (AvgIpc) is 3.09. The quantitative estimate of drug-likeness (QED) is 0.684. The maximum Gasteiger partial charge on any atom is 0.254 e. The first-order chi connectivity index (χ1) is 12.0. The van der Waals surface area contributed by atoms with E-state index in [2.05, 4.69) is 16.0 Å². The van der Waals surface area contributed by atoms with E-state index >= 15 is 0 Å². The van der Waals surface area contributed by atoms with E-state index in [1.54, 1.807) is 12.1 Å². The summed E-state index contributed by atoms with van der Waals surface area (Å²) in [5.74, 6) is -3.23. The summed E-state index contributed by atoms with van der Waals surface area (Å²) in [6, 6.07) is 5.83. The minimum absolute atomic E-state index is 0.183. The third kappa shape index (κ3) is 5.72. The van der Waals surface area contributed by atoms with Crippen molar-refractivity contribution in [2.45, 2.75) is 6.54 Å². The minimum atomic E-state index is -1.03. The fourth-order valence-electron chi connectivity index (χ4n) is 1.83. The monoisotopic (exact) mass is 351 g/mol. The molecule has 2 rings (SSSR count). The van der Waals surface area contributed by atoms with Crippen molar-refractivity contribution in [3.8, 4) is 0 Å². The Morgan fingerprint density at radius 1 is 0.960 bits per heavy atom. The zero-order valence-corrected chi connectivity index (χ0v) is 13.0. The molecule has 2 aromatic rings. The van der Waals surface area contributed by atoms with E-state index < -0.39 is 35.9 Å². The van der Waals surface area contributed by atoms with Crippen molar-refractivity contribution >= 4 is 17.7 Å². The number of halogens is 2. The number of benzene rings is 1. The topological polar surface area (TPSA) is 100 Å². The van der Waals surface area contributed by atoms with E-state index in [4.69, 9.17) is 4.42 Å². The summed E-state index contributed by atoms with van der Waals surface area (Å²) in [5, 5.41) is 6.99. The number of hydrogen-bond donors (Lipinski definition) is 3. The van der Waals surface area contributed by atoms with E-state index in [0.29, 0.717) is 11.8 Å². The maximum atomic E-state index is 13.4. The maximum absolute atomic E-state index is 13.4. The number of rotatable bonds is 7. The van der Waals surface area contributed by atoms with Gasteiger partial charge in [-0.2, -0.15) is 0 Å². The molecular weight excluding hydrogens is 336 g/mol. The Hall–Kier alpha value is -3.23. The van der Waals surface area contributed by atoms with Crippen LogP contribution in [0.1, 0.15) is 16.1 Å². The zero-order valence-electron chi connectivity index (χ0n) is 13.0. The third-order valence-electron chi connectivity index (χ3n) is 3.07. The first kappa shape index (κ1) is 18.1. The second-order valence-electron chi connectivity index (χ2n) is 4.94. The van der Waals surface area contributed by atoms with Gasteiger partial charge in [-0.15, -0.1) is 0 Å². The Morgan fingerprint density at radius 3 is 2.36 bits per heavy atom. The molecule has 1 heterocycles. The standard InChI is InChI=1S/C16H15F2N3O4/c17-10-3-4-12(13(18)6-10)16(24)21-9-15(23)20-8-14(22)19-7-11-2-1-5-25-11/h1-6H,7-9H2,(H,19,22)(H,20,23)(H,21,24). The molecule has 0 spiro atoms. The summed E-state index contributed by atoms with van der Waals surface area (Å²) >= 11 is 0. The lowest BCUT2D eigenvalue weighted by Gasteiger charge is -2.08. The van der Waals surface area contributed by atoms with Crippen LogP contribution < -0.4 is 16.0 Å². The molecule has 0 aliphatic carbocycles. The number of carbonyl (C=O) groups is 3. The Kier molecular flexibility index (Phi) is 6.21. The Bertz CT molecular complexity index is 763. The highest BCUT2D eigenvalue weighted by Crippen LogP contribution is 2.08. The summed E-state index contributed by atoms with van der Waals surface area (Å²) < 4.78 is 31.2. The first-order valence-corrected chi connectivity index (χ1v) is 7.24. The molecule has 0 aliphatic heterocycles. The van der Waals surface area contributed by atoms with Crippen molar-refractivity contribution < 1.29 is 27.6 Å². The summed E-state index contributed by atoms with van der Waals surface area (Å²) in [4.78, 5) is 34.8. The molecule has 132 valence electrons. The molecular formula is C16H15F2N3O4. The van der Waals surface area contributed by atoms with Crippen molar-refractivity contribution in [1.29, 1.82) is 0 Å². The molecule has 0 aliphatic rings. The van der Waals surface area contributed by atoms with Gasteiger partial charge in [0.05, 0.1) is 31.5 Å². The molecule has 7 nitrogen and oxygen atoms in total. The normalized spacial score (nSPS) is 10.2. The summed E-state index contributed by atoms with van der Waals surface area (Å²) in [6.07, 6.45) is 1.47. The highest BCUT2D eigenvalue weighted by molar-refractivity contribution is 5.97. The molecule has 0 fully saturated rings. The van der Waals surface area contributed by atoms with Crippen LogP contribution >= 0.6 is 0 Å². The van der Waals surface area contributed by atoms with Gasteiger partial charge in [-0.25, -0.2) is 8.78 Å². The average molecular weight is 351 g/mol. The fourth-order valence-corrected chi connectivity index (χ4v) is 1.83. The van der Waals surface area contributed by atoms with Crippen LogP contribution in [0.3, 0.4) is 0 Å². The molecule has 0 saturated carbocycles. The van der Waals surface area contributed by atoms with Crippen LogP contribution in [0.4, 0.5) is 8.78 Å². The molecule has 0 atom stereocenters. The Balaban J connectivity index is 1.69. The van der Waals surface area contributed by atoms with Crippen LogP contribution in [0.2, 0.25) is 0 Å². The van der Waals surface area contributed by atoms with Gasteiger partial charge in [-0.1, -0.05) is 0 Å². The largest absolute Gasteiger partial charge is 0.467 e. The minimum Gasteiger partial charge on any atom is -0.467 e. The molecule has 3 N–H and O–H groups in total. The number of nitrogens with one attached hydrogen (secondary N) is 3. The fraction of sp³-hybridized carbons (Fsp3) is 0.188. The van der Waals surface area contributed by atoms with Crippen LogP contribution in [0.15, 0.2) is 41.0 Å². The van der Waals surface area contributed by atoms with Gasteiger partial charge >= 0.3 is 0 Å². The van der Waals surface area contributed by atoms with E-state index in [0.717, 1.165) is 12.1 Å². The van der Waals surface area contributed by atoms with Crippen molar-refractivity contribution in [3.05, 3.63) is 59.6 Å². The lowest BCUT2D eigenvalue weighted by atomic mass is 10.2. The molecule has 9 heteroatoms. The molecule has 0 unspecified atom stereocenters. The van der Waals surface area contributed by atoms with Crippen molar-refractivity contribution in [3.63, 3.8) is 0 Å². The van der Waals surface area contributed by atoms with Crippen LogP contribution in [0.5, 0.6) is 0 Å². The Morgan fingerprint density at radius 2 is 1.68 bits per heavy atom. The van der Waals surface area contributed by atoms with Gasteiger partial charge in [0.25, 0.3) is 5.91 Å². The third-order valence-corrected chi connectivity index (χ3v) is 3.07. The predicted octanol–water partition coefficient (Wildman–Crippen LogP) is 0.720. The van der Waals surface area contributed by atoms with Crippen LogP contribution in [-0.2, 0) is 16.1 Å². The first-order valence-electron chi connectivity index (χ1n) is 7.24. The van der Waals surface area contributed by atoms with Crippen molar-refractivity contribution in [2.75, 3.05) is 13.1 Å². The second-order valence-corrected chi connectivity index (χ2v) is 4.94. The van der Waals surface area contributed by atoms with Gasteiger partial charge in [0.15, 0.2) is 0 Å². The van der Waals surface area contributed by atoms with Gasteiger partial charge < -0.3 is 20.4 Å². The highest BCUT2D eigenvalue weighted by Gasteiger charge is 2.14. The van der Waals surface area contributed by atoms with Gasteiger partial charge in [0.2, 0.25) is 11.8 Å². The van der Waals surface area contributed by atoms with Gasteiger partial charge in [0.1, 0.15) is 17.4 Å².